The van der Waals surface area contributed by atoms with Crippen molar-refractivity contribution in [2.75, 3.05) is 0 Å². The number of imidazole rings is 1. The van der Waals surface area contributed by atoms with Gasteiger partial charge in [-0.15, -0.1) is 0 Å². The van der Waals surface area contributed by atoms with Crippen molar-refractivity contribution in [3.05, 3.63) is 30.6 Å². The fraction of sp³-hybridized carbons (Fsp3) is 0. The molecular formula is C7H6CuN2+. The summed E-state index contributed by atoms with van der Waals surface area (Å²) in [6.45, 7) is 0. The van der Waals surface area contributed by atoms with Crippen LogP contribution in [0, 0.1) is 0 Å². The zero-order valence-electron chi connectivity index (χ0n) is 5.14. The third kappa shape index (κ3) is 1.06. The van der Waals surface area contributed by atoms with Crippen molar-refractivity contribution in [3.8, 4) is 0 Å². The van der Waals surface area contributed by atoms with Crippen molar-refractivity contribution in [2.45, 2.75) is 0 Å². The number of hydrogen-bond acceptors (Lipinski definition) is 1. The molecule has 0 fully saturated rings. The second-order valence-corrected chi connectivity index (χ2v) is 1.92. The van der Waals surface area contributed by atoms with Gasteiger partial charge in [0.1, 0.15) is 0 Å². The van der Waals surface area contributed by atoms with Crippen LogP contribution in [0.1, 0.15) is 0 Å². The summed E-state index contributed by atoms with van der Waals surface area (Å²) in [6, 6.07) is 7.94. The van der Waals surface area contributed by atoms with Crippen molar-refractivity contribution >= 4 is 11.0 Å². The number of hydrogen-bond donors (Lipinski definition) is 1. The quantitative estimate of drug-likeness (QED) is 0.614. The zero-order chi connectivity index (χ0) is 6.10. The fourth-order valence-corrected chi connectivity index (χ4v) is 0.880. The van der Waals surface area contributed by atoms with E-state index >= 15 is 0 Å². The summed E-state index contributed by atoms with van der Waals surface area (Å²) in [5.74, 6) is 0. The molecule has 2 nitrogen and oxygen atoms in total. The van der Waals surface area contributed by atoms with Gasteiger partial charge in [-0.2, -0.15) is 0 Å². The van der Waals surface area contributed by atoms with Crippen LogP contribution in [-0.4, -0.2) is 9.97 Å². The van der Waals surface area contributed by atoms with Crippen LogP contribution in [0.5, 0.6) is 0 Å². The molecular weight excluding hydrogens is 176 g/mol. The molecule has 0 aliphatic heterocycles. The Balaban J connectivity index is 0.000000500. The molecule has 3 heteroatoms. The minimum atomic E-state index is 0. The number of rotatable bonds is 0. The number of nitrogens with one attached hydrogen (secondary N) is 1. The molecule has 0 aliphatic carbocycles. The van der Waals surface area contributed by atoms with E-state index in [1.807, 2.05) is 24.3 Å². The number of para-hydroxylation sites is 2. The maximum absolute atomic E-state index is 4.06. The van der Waals surface area contributed by atoms with Crippen molar-refractivity contribution < 1.29 is 17.1 Å². The summed E-state index contributed by atoms with van der Waals surface area (Å²) < 4.78 is 0. The molecule has 10 heavy (non-hydrogen) atoms. The van der Waals surface area contributed by atoms with E-state index in [4.69, 9.17) is 0 Å². The molecule has 1 aromatic heterocycles. The smallest absolute Gasteiger partial charge is 0.345 e. The van der Waals surface area contributed by atoms with Crippen molar-refractivity contribution in [3.63, 3.8) is 0 Å². The van der Waals surface area contributed by atoms with Crippen molar-refractivity contribution in [2.24, 2.45) is 0 Å². The van der Waals surface area contributed by atoms with E-state index in [1.165, 1.54) is 0 Å². The van der Waals surface area contributed by atoms with E-state index in [9.17, 15) is 0 Å². The van der Waals surface area contributed by atoms with Crippen LogP contribution >= 0.6 is 0 Å². The topological polar surface area (TPSA) is 28.7 Å². The first-order valence-electron chi connectivity index (χ1n) is 2.85. The van der Waals surface area contributed by atoms with Gasteiger partial charge in [-0.25, -0.2) is 4.98 Å². The Morgan fingerprint density at radius 3 is 2.80 bits per heavy atom. The van der Waals surface area contributed by atoms with E-state index in [2.05, 4.69) is 9.97 Å². The Bertz CT molecular complexity index is 286. The van der Waals surface area contributed by atoms with Gasteiger partial charge in [-0.3, -0.25) is 0 Å². The van der Waals surface area contributed by atoms with Gasteiger partial charge in [0, 0.05) is 0 Å². The van der Waals surface area contributed by atoms with E-state index in [-0.39, 0.29) is 17.1 Å². The van der Waals surface area contributed by atoms with E-state index in [0.29, 0.717) is 0 Å². The predicted molar refractivity (Wildman–Crippen MR) is 36.1 cm³/mol. The maximum atomic E-state index is 4.06. The molecule has 0 radical (unpaired) electrons. The van der Waals surface area contributed by atoms with Crippen LogP contribution in [-0.2, 0) is 17.1 Å². The van der Waals surface area contributed by atoms with Gasteiger partial charge in [0.2, 0.25) is 0 Å². The van der Waals surface area contributed by atoms with Crippen molar-refractivity contribution in [1.29, 1.82) is 0 Å². The first-order chi connectivity index (χ1) is 4.47. The Hall–Kier alpha value is -0.791. The molecule has 0 spiro atoms. The van der Waals surface area contributed by atoms with Gasteiger partial charge in [-0.1, -0.05) is 12.1 Å². The first kappa shape index (κ1) is 7.32. The number of fused-ring (bicyclic) bond motifs is 1. The third-order valence-corrected chi connectivity index (χ3v) is 1.33. The fourth-order valence-electron chi connectivity index (χ4n) is 0.880. The Kier molecular flexibility index (Phi) is 2.09. The van der Waals surface area contributed by atoms with Crippen LogP contribution in [0.3, 0.4) is 0 Å². The maximum Gasteiger partial charge on any atom is 1.00 e. The molecule has 2 rings (SSSR count). The minimum Gasteiger partial charge on any atom is -0.345 e. The van der Waals surface area contributed by atoms with Gasteiger partial charge in [0.05, 0.1) is 17.4 Å². The summed E-state index contributed by atoms with van der Waals surface area (Å²) in [7, 11) is 0. The first-order valence-corrected chi connectivity index (χ1v) is 2.85. The van der Waals surface area contributed by atoms with Crippen LogP contribution in [0.2, 0.25) is 0 Å². The average Bonchev–Trinajstić information content (AvgIpc) is 2.33. The minimum absolute atomic E-state index is 0. The zero-order valence-corrected chi connectivity index (χ0v) is 6.08. The molecule has 0 bridgehead atoms. The molecule has 1 N–H and O–H groups in total. The SMILES string of the molecule is [Cu+].c1ccc2[nH]cnc2c1. The van der Waals surface area contributed by atoms with Gasteiger partial charge < -0.3 is 4.98 Å². The number of nitrogens with zero attached hydrogens (tertiary/aromatic N) is 1. The molecule has 0 saturated heterocycles. The van der Waals surface area contributed by atoms with E-state index in [1.54, 1.807) is 6.33 Å². The van der Waals surface area contributed by atoms with Crippen LogP contribution < -0.4 is 0 Å². The van der Waals surface area contributed by atoms with Crippen LogP contribution in [0.15, 0.2) is 30.6 Å². The van der Waals surface area contributed by atoms with E-state index < -0.39 is 0 Å². The average molecular weight is 182 g/mol. The Labute approximate surface area is 69.1 Å². The summed E-state index contributed by atoms with van der Waals surface area (Å²) in [5, 5.41) is 0. The number of aromatic amines is 1. The van der Waals surface area contributed by atoms with Gasteiger partial charge >= 0.3 is 17.1 Å². The number of benzene rings is 1. The molecule has 0 aliphatic rings. The summed E-state index contributed by atoms with van der Waals surface area (Å²) in [6.07, 6.45) is 1.70. The second kappa shape index (κ2) is 2.86. The van der Waals surface area contributed by atoms with Crippen LogP contribution in [0.4, 0.5) is 0 Å². The van der Waals surface area contributed by atoms with Gasteiger partial charge in [0.15, 0.2) is 0 Å². The van der Waals surface area contributed by atoms with Gasteiger partial charge in [0.25, 0.3) is 0 Å². The normalized spacial score (nSPS) is 9.20. The molecule has 1 heterocycles. The van der Waals surface area contributed by atoms with E-state index in [0.717, 1.165) is 11.0 Å². The molecule has 0 atom stereocenters. The molecule has 2 aromatic rings. The predicted octanol–water partition coefficient (Wildman–Crippen LogP) is 1.56. The standard InChI is InChI=1S/C7H6N2.Cu/c1-2-4-7-6(3-1)8-5-9-7;/h1-5H,(H,8,9);/q;+1. The summed E-state index contributed by atoms with van der Waals surface area (Å²) in [4.78, 5) is 7.07. The molecule has 0 unspecified atom stereocenters. The second-order valence-electron chi connectivity index (χ2n) is 1.92. The summed E-state index contributed by atoms with van der Waals surface area (Å²) in [5.41, 5.74) is 2.12. The summed E-state index contributed by atoms with van der Waals surface area (Å²) >= 11 is 0. The Morgan fingerprint density at radius 1 is 1.20 bits per heavy atom. The number of aromatic nitrogens is 2. The number of H-pyrrole nitrogens is 1. The Morgan fingerprint density at radius 2 is 2.00 bits per heavy atom. The molecule has 1 aromatic carbocycles. The largest absolute Gasteiger partial charge is 1.00 e. The van der Waals surface area contributed by atoms with Crippen LogP contribution in [0.25, 0.3) is 11.0 Å². The van der Waals surface area contributed by atoms with Crippen molar-refractivity contribution in [1.82, 2.24) is 9.97 Å². The third-order valence-electron chi connectivity index (χ3n) is 1.33. The molecule has 0 saturated carbocycles. The molecule has 0 amide bonds. The monoisotopic (exact) mass is 181 g/mol. The van der Waals surface area contributed by atoms with Gasteiger partial charge in [-0.05, 0) is 12.1 Å². The molecule has 54 valence electrons.